The van der Waals surface area contributed by atoms with Gasteiger partial charge in [-0.15, -0.1) is 0 Å². The number of halogens is 3. The first-order valence-corrected chi connectivity index (χ1v) is 6.67. The Kier molecular flexibility index (Phi) is 3.70. The molecule has 0 saturated carbocycles. The summed E-state index contributed by atoms with van der Waals surface area (Å²) in [4.78, 5) is 19.6. The lowest BCUT2D eigenvalue weighted by Gasteiger charge is -2.04. The third-order valence-corrected chi connectivity index (χ3v) is 3.11. The maximum Gasteiger partial charge on any atom is 0.455 e. The molecule has 24 heavy (non-hydrogen) atoms. The smallest absolute Gasteiger partial charge is 0.343 e. The van der Waals surface area contributed by atoms with Gasteiger partial charge in [-0.25, -0.2) is 4.98 Å². The van der Waals surface area contributed by atoms with E-state index >= 15 is 0 Å². The van der Waals surface area contributed by atoms with Crippen molar-refractivity contribution in [2.75, 3.05) is 0 Å². The molecular weight excluding hydrogens is 331 g/mol. The highest BCUT2D eigenvalue weighted by Gasteiger charge is 2.37. The van der Waals surface area contributed by atoms with Crippen LogP contribution in [0.15, 0.2) is 15.1 Å². The van der Waals surface area contributed by atoms with Crippen LogP contribution >= 0.6 is 0 Å². The molecule has 3 rings (SSSR count). The van der Waals surface area contributed by atoms with Crippen molar-refractivity contribution in [3.63, 3.8) is 0 Å². The number of amides is 1. The fourth-order valence-corrected chi connectivity index (χ4v) is 2.09. The molecule has 0 fully saturated rings. The highest BCUT2D eigenvalue weighted by Crippen LogP contribution is 2.26. The first kappa shape index (κ1) is 15.9. The molecule has 0 aliphatic rings. The van der Waals surface area contributed by atoms with Gasteiger partial charge in [0.25, 0.3) is 17.4 Å². The van der Waals surface area contributed by atoms with Gasteiger partial charge in [0, 0.05) is 5.69 Å². The molecule has 0 spiro atoms. The molecule has 0 saturated heterocycles. The second-order valence-electron chi connectivity index (χ2n) is 4.95. The lowest BCUT2D eigenvalue weighted by molar-refractivity contribution is -0.146. The molecular formula is C13H10F3N5O3. The number of fused-ring (bicyclic) bond motifs is 1. The van der Waals surface area contributed by atoms with Crippen LogP contribution < -0.4 is 5.32 Å². The summed E-state index contributed by atoms with van der Waals surface area (Å²) in [6, 6.07) is 1.52. The van der Waals surface area contributed by atoms with E-state index in [2.05, 4.69) is 30.1 Å². The minimum Gasteiger partial charge on any atom is -0.343 e. The highest BCUT2D eigenvalue weighted by atomic mass is 19.4. The summed E-state index contributed by atoms with van der Waals surface area (Å²) in [6.45, 7) is 2.96. The van der Waals surface area contributed by atoms with E-state index in [1.165, 1.54) is 6.07 Å². The third kappa shape index (κ3) is 2.92. The van der Waals surface area contributed by atoms with Crippen molar-refractivity contribution in [1.82, 2.24) is 25.6 Å². The fourth-order valence-electron chi connectivity index (χ4n) is 2.09. The van der Waals surface area contributed by atoms with Crippen LogP contribution in [0, 0.1) is 13.8 Å². The molecule has 0 bridgehead atoms. The van der Waals surface area contributed by atoms with E-state index in [9.17, 15) is 18.0 Å². The molecule has 1 amide bonds. The van der Waals surface area contributed by atoms with Gasteiger partial charge in [-0.05, 0) is 19.9 Å². The van der Waals surface area contributed by atoms with Gasteiger partial charge < -0.3 is 14.4 Å². The minimum absolute atomic E-state index is 0.204. The zero-order valence-electron chi connectivity index (χ0n) is 12.4. The number of nitrogens with one attached hydrogen (secondary N) is 1. The third-order valence-electron chi connectivity index (χ3n) is 3.11. The molecule has 0 aliphatic heterocycles. The number of alkyl halides is 3. The Bertz CT molecular complexity index is 915. The van der Waals surface area contributed by atoms with Crippen molar-refractivity contribution in [3.8, 4) is 0 Å². The van der Waals surface area contributed by atoms with E-state index in [0.717, 1.165) is 0 Å². The molecule has 1 N–H and O–H groups in total. The van der Waals surface area contributed by atoms with Crippen LogP contribution in [0.5, 0.6) is 0 Å². The highest BCUT2D eigenvalue weighted by molar-refractivity contribution is 6.05. The molecule has 11 heteroatoms. The summed E-state index contributed by atoms with van der Waals surface area (Å²) < 4.78 is 46.7. The Morgan fingerprint density at radius 2 is 1.96 bits per heavy atom. The topological polar surface area (TPSA) is 107 Å². The van der Waals surface area contributed by atoms with Gasteiger partial charge in [0.05, 0.1) is 23.2 Å². The summed E-state index contributed by atoms with van der Waals surface area (Å²) in [7, 11) is 0. The number of hydrogen-bond acceptors (Lipinski definition) is 7. The molecule has 0 unspecified atom stereocenters. The second kappa shape index (κ2) is 5.58. The molecule has 0 atom stereocenters. The van der Waals surface area contributed by atoms with E-state index in [-0.39, 0.29) is 23.7 Å². The first-order chi connectivity index (χ1) is 11.3. The number of nitrogens with zero attached hydrogens (tertiary/aromatic N) is 4. The average Bonchev–Trinajstić information content (AvgIpc) is 3.11. The Hall–Kier alpha value is -2.98. The molecule has 0 aromatic carbocycles. The monoisotopic (exact) mass is 341 g/mol. The first-order valence-electron chi connectivity index (χ1n) is 6.67. The van der Waals surface area contributed by atoms with Crippen molar-refractivity contribution in [2.45, 2.75) is 26.6 Å². The largest absolute Gasteiger partial charge is 0.455 e. The number of carbonyl (C=O) groups excluding carboxylic acids is 1. The summed E-state index contributed by atoms with van der Waals surface area (Å²) >= 11 is 0. The number of hydrogen-bond donors (Lipinski definition) is 1. The number of aryl methyl sites for hydroxylation is 2. The van der Waals surface area contributed by atoms with Crippen LogP contribution in [0.3, 0.4) is 0 Å². The van der Waals surface area contributed by atoms with Gasteiger partial charge in [-0.2, -0.15) is 18.2 Å². The van der Waals surface area contributed by atoms with Gasteiger partial charge >= 0.3 is 6.18 Å². The number of pyridine rings is 1. The van der Waals surface area contributed by atoms with Crippen molar-refractivity contribution in [3.05, 3.63) is 34.7 Å². The van der Waals surface area contributed by atoms with Crippen LogP contribution in [-0.2, 0) is 12.7 Å². The van der Waals surface area contributed by atoms with Gasteiger partial charge in [-0.3, -0.25) is 4.79 Å². The summed E-state index contributed by atoms with van der Waals surface area (Å²) in [5.74, 6) is -2.31. The standard InChI is InChI=1S/C13H10F3N5O3/c1-5-3-7(9-6(2)20-24-11(9)18-5)10(22)17-4-8-19-12(21-23-8)13(14,15)16/h3H,4H2,1-2H3,(H,17,22). The van der Waals surface area contributed by atoms with E-state index in [0.29, 0.717) is 16.8 Å². The number of aromatic nitrogens is 4. The predicted molar refractivity (Wildman–Crippen MR) is 71.7 cm³/mol. The van der Waals surface area contributed by atoms with Gasteiger partial charge in [0.2, 0.25) is 5.89 Å². The number of carbonyl (C=O) groups is 1. The van der Waals surface area contributed by atoms with Crippen LogP contribution in [-0.4, -0.2) is 26.2 Å². The van der Waals surface area contributed by atoms with E-state index in [4.69, 9.17) is 4.52 Å². The molecule has 3 heterocycles. The molecule has 0 aliphatic carbocycles. The van der Waals surface area contributed by atoms with Gasteiger partial charge in [-0.1, -0.05) is 10.3 Å². The fraction of sp³-hybridized carbons (Fsp3) is 0.308. The quantitative estimate of drug-likeness (QED) is 0.778. The summed E-state index contributed by atoms with van der Waals surface area (Å²) in [5.41, 5.74) is 1.45. The van der Waals surface area contributed by atoms with Crippen molar-refractivity contribution in [2.24, 2.45) is 0 Å². The van der Waals surface area contributed by atoms with Crippen molar-refractivity contribution >= 4 is 17.0 Å². The maximum absolute atomic E-state index is 12.4. The summed E-state index contributed by atoms with van der Waals surface area (Å²) in [6.07, 6.45) is -4.71. The van der Waals surface area contributed by atoms with E-state index in [1.54, 1.807) is 13.8 Å². The molecule has 3 aromatic rings. The molecule has 0 radical (unpaired) electrons. The minimum atomic E-state index is -4.71. The summed E-state index contributed by atoms with van der Waals surface area (Å²) in [5, 5.41) is 9.40. The Balaban J connectivity index is 1.81. The maximum atomic E-state index is 12.4. The van der Waals surface area contributed by atoms with Crippen molar-refractivity contribution < 1.29 is 27.0 Å². The predicted octanol–water partition coefficient (Wildman–Crippen LogP) is 2.17. The molecule has 8 nitrogen and oxygen atoms in total. The van der Waals surface area contributed by atoms with Crippen LogP contribution in [0.2, 0.25) is 0 Å². The lowest BCUT2D eigenvalue weighted by Crippen LogP contribution is -2.23. The Morgan fingerprint density at radius 1 is 1.21 bits per heavy atom. The van der Waals surface area contributed by atoms with E-state index in [1.807, 2.05) is 0 Å². The normalized spacial score (nSPS) is 11.9. The number of rotatable bonds is 3. The Morgan fingerprint density at radius 3 is 2.62 bits per heavy atom. The molecule has 3 aromatic heterocycles. The van der Waals surface area contributed by atoms with E-state index < -0.39 is 17.9 Å². The lowest BCUT2D eigenvalue weighted by atomic mass is 10.1. The molecule has 126 valence electrons. The van der Waals surface area contributed by atoms with Crippen LogP contribution in [0.25, 0.3) is 11.1 Å². The van der Waals surface area contributed by atoms with Gasteiger partial charge in [0.1, 0.15) is 0 Å². The van der Waals surface area contributed by atoms with Crippen molar-refractivity contribution in [1.29, 1.82) is 0 Å². The van der Waals surface area contributed by atoms with Gasteiger partial charge in [0.15, 0.2) is 0 Å². The van der Waals surface area contributed by atoms with Crippen LogP contribution in [0.4, 0.5) is 13.2 Å². The SMILES string of the molecule is Cc1cc(C(=O)NCc2nc(C(F)(F)F)no2)c2c(C)noc2n1. The second-order valence-corrected chi connectivity index (χ2v) is 4.95. The zero-order chi connectivity index (χ0) is 17.5. The Labute approximate surface area is 132 Å². The average molecular weight is 341 g/mol. The zero-order valence-corrected chi connectivity index (χ0v) is 12.4. The van der Waals surface area contributed by atoms with Crippen LogP contribution in [0.1, 0.15) is 33.5 Å².